The van der Waals surface area contributed by atoms with Crippen LogP contribution in [0.3, 0.4) is 0 Å². The van der Waals surface area contributed by atoms with Crippen molar-refractivity contribution in [1.82, 2.24) is 0 Å². The van der Waals surface area contributed by atoms with Crippen molar-refractivity contribution in [2.24, 2.45) is 15.3 Å². The van der Waals surface area contributed by atoms with Gasteiger partial charge in [-0.3, -0.25) is 0 Å². The van der Waals surface area contributed by atoms with E-state index in [0.717, 1.165) is 131 Å². The molecule has 0 aromatic heterocycles. The van der Waals surface area contributed by atoms with Crippen molar-refractivity contribution < 1.29 is 56.8 Å². The highest BCUT2D eigenvalue weighted by atomic mass is 16.8. The van der Waals surface area contributed by atoms with Crippen LogP contribution in [0.5, 0.6) is 0 Å². The summed E-state index contributed by atoms with van der Waals surface area (Å²) in [6.07, 6.45) is 3.97. The van der Waals surface area contributed by atoms with Gasteiger partial charge in [-0.2, -0.15) is 0 Å². The summed E-state index contributed by atoms with van der Waals surface area (Å²) in [5.41, 5.74) is 39.3. The highest BCUT2D eigenvalue weighted by Gasteiger charge is 2.62. The largest absolute Gasteiger partial charge is 0.342 e. The third-order valence-corrected chi connectivity index (χ3v) is 18.5. The standard InChI is InChI=1S/C54H33N9O12/c1-4-7-13-43-31-25-19-22-20-24-21-23(19)29-35-40(25)52(70-43)67-17(11-59-62-56)47(35)74-50-38(29)33-27(21)42-36-30(24)39-32-26(20)41-34-28(22)37(31)49(64-13)73-46(34)16(10-58-61-55)68-53(41)71-44(32)14(8-5-2)66-51(39)75-48(36)18(12-60-63-57)69-54(42)72-45(33)15(65-50)9-6-3/h1-3,13-18,43-54H,7-12H2. The maximum atomic E-state index is 9.79. The Kier molecular flexibility index (Phi) is 7.54. The Morgan fingerprint density at radius 3 is 0.693 bits per heavy atom. The lowest BCUT2D eigenvalue weighted by atomic mass is 9.64. The van der Waals surface area contributed by atoms with Gasteiger partial charge in [0.15, 0.2) is 37.7 Å². The molecule has 18 unspecified atom stereocenters. The highest BCUT2D eigenvalue weighted by Crippen LogP contribution is 2.73. The molecule has 0 saturated carbocycles. The molecule has 0 spiro atoms. The van der Waals surface area contributed by atoms with Crippen LogP contribution in [0.25, 0.3) is 96.0 Å². The van der Waals surface area contributed by atoms with Crippen LogP contribution in [0.15, 0.2) is 15.3 Å². The molecule has 21 heteroatoms. The number of terminal acetylenes is 3. The van der Waals surface area contributed by atoms with Gasteiger partial charge in [0.2, 0.25) is 0 Å². The van der Waals surface area contributed by atoms with Crippen LogP contribution in [0.4, 0.5) is 0 Å². The molecular weight excluding hydrogens is 967 g/mol. The van der Waals surface area contributed by atoms with Gasteiger partial charge in [-0.1, -0.05) is 15.3 Å². The van der Waals surface area contributed by atoms with Crippen molar-refractivity contribution >= 4 is 64.6 Å². The predicted molar refractivity (Wildman–Crippen MR) is 256 cm³/mol. The van der Waals surface area contributed by atoms with Crippen molar-refractivity contribution in [1.29, 1.82) is 0 Å². The van der Waals surface area contributed by atoms with E-state index in [1.807, 2.05) is 0 Å². The molecule has 18 atom stereocenters. The van der Waals surface area contributed by atoms with E-state index in [1.54, 1.807) is 0 Å². The first kappa shape index (κ1) is 41.3. The van der Waals surface area contributed by atoms with E-state index in [4.69, 9.17) is 76.1 Å². The summed E-state index contributed by atoms with van der Waals surface area (Å²) in [6, 6.07) is 0. The molecule has 0 aliphatic carbocycles. The second-order valence-corrected chi connectivity index (χ2v) is 21.3. The summed E-state index contributed by atoms with van der Waals surface area (Å²) in [5, 5.41) is 23.6. The second kappa shape index (κ2) is 13.7. The Hall–Kier alpha value is -6.99. The second-order valence-electron chi connectivity index (χ2n) is 21.3. The van der Waals surface area contributed by atoms with E-state index in [9.17, 15) is 16.6 Å². The molecule has 0 fully saturated rings. The van der Waals surface area contributed by atoms with E-state index >= 15 is 0 Å². The van der Waals surface area contributed by atoms with Gasteiger partial charge in [0.1, 0.15) is 54.9 Å². The van der Waals surface area contributed by atoms with Gasteiger partial charge in [0.05, 0.1) is 37.9 Å². The van der Waals surface area contributed by atoms with Gasteiger partial charge in [0, 0.05) is 101 Å². The Bertz CT molecular complexity index is 3790. The van der Waals surface area contributed by atoms with Crippen LogP contribution in [0.1, 0.15) is 160 Å². The SMILES string of the molecule is C#CCC1OC2OC3c4c5c6c7c8c9c%10c%11c%12c%13c%14c%15c%16c%17c%18c(c2c4c2c%18c%15c%12c9c62)C1OC%17OC(CN=[N+]=[N-])C%16OC%14OC(CC#C)C%13OC%11OC(CN=[N+]=[N-])C%10OC8OC(CC#C)C7OC5OC3CN=[N+]=[N-]. The van der Waals surface area contributed by atoms with Crippen molar-refractivity contribution in [3.8, 4) is 37.0 Å². The molecule has 12 aliphatic heterocycles. The minimum Gasteiger partial charge on any atom is -0.342 e. The number of benzene rings is 7. The molecule has 366 valence electrons. The predicted octanol–water partition coefficient (Wildman–Crippen LogP) is 10.7. The fourth-order valence-electron chi connectivity index (χ4n) is 16.4. The summed E-state index contributed by atoms with van der Waals surface area (Å²) >= 11 is 0. The van der Waals surface area contributed by atoms with Crippen LogP contribution in [-0.4, -0.2) is 56.3 Å². The third-order valence-electron chi connectivity index (χ3n) is 18.5. The minimum atomic E-state index is -0.981. The van der Waals surface area contributed by atoms with Crippen LogP contribution >= 0.6 is 0 Å². The Labute approximate surface area is 420 Å². The fourth-order valence-corrected chi connectivity index (χ4v) is 16.4. The lowest BCUT2D eigenvalue weighted by Crippen LogP contribution is -2.48. The van der Waals surface area contributed by atoms with Gasteiger partial charge >= 0.3 is 0 Å². The molecule has 0 bridgehead atoms. The van der Waals surface area contributed by atoms with Crippen molar-refractivity contribution in [2.75, 3.05) is 19.6 Å². The maximum Gasteiger partial charge on any atom is 0.186 e. The van der Waals surface area contributed by atoms with Gasteiger partial charge in [-0.05, 0) is 81.2 Å². The molecule has 12 aliphatic rings. The highest BCUT2D eigenvalue weighted by molar-refractivity contribution is 6.48. The Morgan fingerprint density at radius 1 is 0.293 bits per heavy atom. The van der Waals surface area contributed by atoms with E-state index < -0.39 is 111 Å². The minimum absolute atomic E-state index is 0.0768. The zero-order valence-electron chi connectivity index (χ0n) is 38.8. The number of rotatable bonds is 9. The summed E-state index contributed by atoms with van der Waals surface area (Å²) < 4.78 is 85.8. The normalized spacial score (nSPS) is 37.2. The summed E-state index contributed by atoms with van der Waals surface area (Å²) in [7, 11) is 0. The van der Waals surface area contributed by atoms with E-state index in [-0.39, 0.29) is 38.9 Å². The van der Waals surface area contributed by atoms with Crippen molar-refractivity contribution in [3.05, 3.63) is 98.1 Å². The Balaban J connectivity index is 1.11. The molecule has 75 heavy (non-hydrogen) atoms. The van der Waals surface area contributed by atoms with Crippen LogP contribution in [0.2, 0.25) is 0 Å². The molecule has 0 amide bonds. The molecular formula is C54H33N9O12. The lowest BCUT2D eigenvalue weighted by molar-refractivity contribution is -0.324. The van der Waals surface area contributed by atoms with Crippen LogP contribution in [-0.2, 0) is 56.8 Å². The average Bonchev–Trinajstić information content (AvgIpc) is 3.43. The number of nitrogens with zero attached hydrogens (tertiary/aromatic N) is 9. The number of hydrogen-bond acceptors (Lipinski definition) is 15. The molecule has 0 radical (unpaired) electrons. The molecule has 19 rings (SSSR count). The monoisotopic (exact) mass is 999 g/mol. The fraction of sp³-hybridized carbons (Fsp3) is 0.444. The molecule has 21 nitrogen and oxygen atoms in total. The molecule has 7 aromatic carbocycles. The maximum absolute atomic E-state index is 9.79. The quantitative estimate of drug-likeness (QED) is 0.0327. The Morgan fingerprint density at radius 2 is 0.493 bits per heavy atom. The molecule has 0 N–H and O–H groups in total. The zero-order valence-corrected chi connectivity index (χ0v) is 38.8. The van der Waals surface area contributed by atoms with E-state index in [1.165, 1.54) is 0 Å². The van der Waals surface area contributed by atoms with Crippen molar-refractivity contribution in [2.45, 2.75) is 130 Å². The smallest absolute Gasteiger partial charge is 0.186 e. The molecule has 12 heterocycles. The van der Waals surface area contributed by atoms with Crippen LogP contribution in [0, 0.1) is 37.0 Å². The molecule has 0 saturated heterocycles. The first-order chi connectivity index (χ1) is 37.0. The topological polar surface area (TPSA) is 257 Å². The van der Waals surface area contributed by atoms with E-state index in [0.29, 0.717) is 0 Å². The van der Waals surface area contributed by atoms with Crippen molar-refractivity contribution in [3.63, 3.8) is 0 Å². The lowest BCUT2D eigenvalue weighted by Gasteiger charge is -2.56. The van der Waals surface area contributed by atoms with Gasteiger partial charge in [-0.15, -0.1) is 37.0 Å². The third kappa shape index (κ3) is 4.39. The van der Waals surface area contributed by atoms with Crippen LogP contribution < -0.4 is 0 Å². The summed E-state index contributed by atoms with van der Waals surface area (Å²) in [6.45, 7) is -0.231. The molecule has 7 aromatic rings. The number of ether oxygens (including phenoxy) is 12. The van der Waals surface area contributed by atoms with Gasteiger partial charge in [-0.25, -0.2) is 0 Å². The zero-order chi connectivity index (χ0) is 49.3. The summed E-state index contributed by atoms with van der Waals surface area (Å²) in [4.78, 5) is 9.49. The number of hydrogen-bond donors (Lipinski definition) is 0. The average molecular weight is 1000 g/mol. The van der Waals surface area contributed by atoms with Gasteiger partial charge in [0.25, 0.3) is 0 Å². The number of azide groups is 3. The van der Waals surface area contributed by atoms with E-state index in [2.05, 4.69) is 47.8 Å². The first-order valence-corrected chi connectivity index (χ1v) is 25.1. The first-order valence-electron chi connectivity index (χ1n) is 25.1. The van der Waals surface area contributed by atoms with Gasteiger partial charge < -0.3 is 56.8 Å². The summed E-state index contributed by atoms with van der Waals surface area (Å²) in [5.74, 6) is 8.53.